The van der Waals surface area contributed by atoms with Gasteiger partial charge in [-0.25, -0.2) is 4.79 Å². The second kappa shape index (κ2) is 5.63. The minimum atomic E-state index is -0.450. The van der Waals surface area contributed by atoms with Gasteiger partial charge in [-0.3, -0.25) is 4.79 Å². The molecular formula is C15H19N3O3. The molecule has 3 amide bonds. The molecule has 2 aliphatic heterocycles. The van der Waals surface area contributed by atoms with Crippen molar-refractivity contribution >= 4 is 11.9 Å². The molecule has 1 aromatic carbocycles. The zero-order valence-electron chi connectivity index (χ0n) is 12.0. The highest BCUT2D eigenvalue weighted by Gasteiger charge is 2.32. The number of carbonyl (C=O) groups excluding carboxylic acids is 2. The first kappa shape index (κ1) is 13.7. The van der Waals surface area contributed by atoms with E-state index in [2.05, 4.69) is 16.7 Å². The molecule has 1 unspecified atom stereocenters. The highest BCUT2D eigenvalue weighted by Crippen LogP contribution is 2.24. The summed E-state index contributed by atoms with van der Waals surface area (Å²) in [7, 11) is 0. The summed E-state index contributed by atoms with van der Waals surface area (Å²) >= 11 is 0. The number of rotatable bonds is 3. The van der Waals surface area contributed by atoms with Crippen LogP contribution in [0.4, 0.5) is 4.79 Å². The third kappa shape index (κ3) is 2.79. The van der Waals surface area contributed by atoms with Gasteiger partial charge in [0, 0.05) is 19.6 Å². The second-order valence-corrected chi connectivity index (χ2v) is 5.28. The molecule has 0 radical (unpaired) electrons. The van der Waals surface area contributed by atoms with Gasteiger partial charge < -0.3 is 20.3 Å². The third-order valence-electron chi connectivity index (χ3n) is 3.88. The molecule has 6 nitrogen and oxygen atoms in total. The van der Waals surface area contributed by atoms with Gasteiger partial charge in [-0.1, -0.05) is 6.07 Å². The van der Waals surface area contributed by atoms with E-state index >= 15 is 0 Å². The molecule has 112 valence electrons. The van der Waals surface area contributed by atoms with E-state index < -0.39 is 6.04 Å². The Morgan fingerprint density at radius 1 is 1.43 bits per heavy atom. The van der Waals surface area contributed by atoms with Crippen LogP contribution in [0.5, 0.6) is 5.75 Å². The predicted octanol–water partition coefficient (Wildman–Crippen LogP) is 0.651. The number of urea groups is 1. The lowest BCUT2D eigenvalue weighted by Gasteiger charge is -2.30. The van der Waals surface area contributed by atoms with E-state index in [-0.39, 0.29) is 11.9 Å². The summed E-state index contributed by atoms with van der Waals surface area (Å²) in [5.74, 6) is 0.808. The fourth-order valence-corrected chi connectivity index (χ4v) is 2.80. The molecule has 3 rings (SSSR count). The Balaban J connectivity index is 1.72. The van der Waals surface area contributed by atoms with Crippen LogP contribution < -0.4 is 15.4 Å². The Bertz CT molecular complexity index is 573. The van der Waals surface area contributed by atoms with Gasteiger partial charge in [0.25, 0.3) is 0 Å². The topological polar surface area (TPSA) is 70.7 Å². The molecule has 21 heavy (non-hydrogen) atoms. The monoisotopic (exact) mass is 289 g/mol. The highest BCUT2D eigenvalue weighted by molar-refractivity contribution is 5.90. The summed E-state index contributed by atoms with van der Waals surface area (Å²) < 4.78 is 5.51. The molecule has 6 heteroatoms. The zero-order valence-corrected chi connectivity index (χ0v) is 12.0. The second-order valence-electron chi connectivity index (χ2n) is 5.28. The molecule has 1 saturated heterocycles. The number of benzene rings is 1. The maximum absolute atomic E-state index is 12.4. The van der Waals surface area contributed by atoms with Crippen molar-refractivity contribution in [3.8, 4) is 5.75 Å². The van der Waals surface area contributed by atoms with Crippen LogP contribution in [0.2, 0.25) is 0 Å². The van der Waals surface area contributed by atoms with Crippen molar-refractivity contribution in [1.29, 1.82) is 0 Å². The van der Waals surface area contributed by atoms with Crippen LogP contribution in [0.25, 0.3) is 0 Å². The van der Waals surface area contributed by atoms with Gasteiger partial charge in [-0.2, -0.15) is 0 Å². The van der Waals surface area contributed by atoms with Crippen molar-refractivity contribution in [3.63, 3.8) is 0 Å². The van der Waals surface area contributed by atoms with E-state index in [9.17, 15) is 9.59 Å². The Morgan fingerprint density at radius 2 is 2.29 bits per heavy atom. The summed E-state index contributed by atoms with van der Waals surface area (Å²) in [5.41, 5.74) is 2.38. The summed E-state index contributed by atoms with van der Waals surface area (Å²) in [6.45, 7) is 4.19. The first-order valence-corrected chi connectivity index (χ1v) is 7.25. The number of carbonyl (C=O) groups is 2. The summed E-state index contributed by atoms with van der Waals surface area (Å²) in [6, 6.07) is 5.32. The van der Waals surface area contributed by atoms with Crippen LogP contribution in [-0.2, 0) is 17.8 Å². The lowest BCUT2D eigenvalue weighted by molar-refractivity contribution is -0.133. The summed E-state index contributed by atoms with van der Waals surface area (Å²) in [6.07, 6.45) is 0.835. The zero-order chi connectivity index (χ0) is 14.8. The van der Waals surface area contributed by atoms with Crippen LogP contribution in [0.3, 0.4) is 0 Å². The normalized spacial score (nSPS) is 20.5. The molecule has 0 spiro atoms. The molecule has 0 aromatic heterocycles. The van der Waals surface area contributed by atoms with Crippen LogP contribution in [0.1, 0.15) is 18.1 Å². The van der Waals surface area contributed by atoms with Gasteiger partial charge >= 0.3 is 6.03 Å². The van der Waals surface area contributed by atoms with Gasteiger partial charge in [-0.15, -0.1) is 0 Å². The number of ether oxygens (including phenoxy) is 1. The molecule has 0 bridgehead atoms. The molecule has 1 fully saturated rings. The molecular weight excluding hydrogens is 270 g/mol. The summed E-state index contributed by atoms with van der Waals surface area (Å²) in [5, 5.41) is 5.26. The minimum Gasteiger partial charge on any atom is -0.494 e. The molecule has 2 aliphatic rings. The van der Waals surface area contributed by atoms with Crippen molar-refractivity contribution in [1.82, 2.24) is 15.5 Å². The van der Waals surface area contributed by atoms with Crippen LogP contribution in [0.15, 0.2) is 18.2 Å². The Hall–Kier alpha value is -2.24. The van der Waals surface area contributed by atoms with Crippen molar-refractivity contribution < 1.29 is 14.3 Å². The van der Waals surface area contributed by atoms with Gasteiger partial charge in [0.15, 0.2) is 0 Å². The van der Waals surface area contributed by atoms with Crippen LogP contribution in [-0.4, -0.2) is 42.6 Å². The van der Waals surface area contributed by atoms with E-state index in [1.165, 1.54) is 5.56 Å². The third-order valence-corrected chi connectivity index (χ3v) is 3.88. The van der Waals surface area contributed by atoms with Gasteiger partial charge in [-0.05, 0) is 36.6 Å². The average Bonchev–Trinajstić information content (AvgIpc) is 2.92. The molecule has 2 heterocycles. The maximum Gasteiger partial charge on any atom is 0.315 e. The van der Waals surface area contributed by atoms with Crippen molar-refractivity contribution in [2.75, 3.05) is 19.7 Å². The van der Waals surface area contributed by atoms with Crippen molar-refractivity contribution in [2.45, 2.75) is 25.9 Å². The van der Waals surface area contributed by atoms with E-state index in [4.69, 9.17) is 4.74 Å². The SMILES string of the molecule is CCOc1ccc2c(c1)CN(C(=O)C1CNC(=O)N1)CC2. The van der Waals surface area contributed by atoms with Crippen molar-refractivity contribution in [2.24, 2.45) is 0 Å². The lowest BCUT2D eigenvalue weighted by atomic mass is 9.99. The Morgan fingerprint density at radius 3 is 3.00 bits per heavy atom. The van der Waals surface area contributed by atoms with Crippen molar-refractivity contribution in [3.05, 3.63) is 29.3 Å². The molecule has 0 saturated carbocycles. The van der Waals surface area contributed by atoms with Gasteiger partial charge in [0.2, 0.25) is 5.91 Å². The fourth-order valence-electron chi connectivity index (χ4n) is 2.80. The number of nitrogens with zero attached hydrogens (tertiary/aromatic N) is 1. The van der Waals surface area contributed by atoms with E-state index in [0.29, 0.717) is 26.2 Å². The quantitative estimate of drug-likeness (QED) is 0.858. The minimum absolute atomic E-state index is 0.0270. The predicted molar refractivity (Wildman–Crippen MR) is 77.1 cm³/mol. The fraction of sp³-hybridized carbons (Fsp3) is 0.467. The molecule has 1 aromatic rings. The van der Waals surface area contributed by atoms with Crippen LogP contribution >= 0.6 is 0 Å². The Labute approximate surface area is 123 Å². The average molecular weight is 289 g/mol. The van der Waals surface area contributed by atoms with Gasteiger partial charge in [0.1, 0.15) is 11.8 Å². The standard InChI is InChI=1S/C15H19N3O3/c1-2-21-12-4-3-10-5-6-18(9-11(10)7-12)14(19)13-8-16-15(20)17-13/h3-4,7,13H,2,5-6,8-9H2,1H3,(H2,16,17,20). The molecule has 0 aliphatic carbocycles. The summed E-state index contributed by atoms with van der Waals surface area (Å²) in [4.78, 5) is 25.4. The van der Waals surface area contributed by atoms with E-state index in [0.717, 1.165) is 17.7 Å². The van der Waals surface area contributed by atoms with E-state index in [1.54, 1.807) is 4.90 Å². The smallest absolute Gasteiger partial charge is 0.315 e. The largest absolute Gasteiger partial charge is 0.494 e. The lowest BCUT2D eigenvalue weighted by Crippen LogP contribution is -2.47. The van der Waals surface area contributed by atoms with Crippen LogP contribution in [0, 0.1) is 0 Å². The first-order chi connectivity index (χ1) is 10.2. The highest BCUT2D eigenvalue weighted by atomic mass is 16.5. The number of amides is 3. The maximum atomic E-state index is 12.4. The molecule has 1 atom stereocenters. The number of hydrogen-bond acceptors (Lipinski definition) is 3. The Kier molecular flexibility index (Phi) is 3.68. The number of nitrogens with one attached hydrogen (secondary N) is 2. The molecule has 2 N–H and O–H groups in total. The van der Waals surface area contributed by atoms with Gasteiger partial charge in [0.05, 0.1) is 6.61 Å². The first-order valence-electron chi connectivity index (χ1n) is 7.25. The number of fused-ring (bicyclic) bond motifs is 1. The van der Waals surface area contributed by atoms with E-state index in [1.807, 2.05) is 19.1 Å². The number of hydrogen-bond donors (Lipinski definition) is 2.